The van der Waals surface area contributed by atoms with Crippen LogP contribution in [0.2, 0.25) is 0 Å². The van der Waals surface area contributed by atoms with Crippen molar-refractivity contribution in [2.24, 2.45) is 0 Å². The number of nitrogen functional groups attached to an aromatic ring is 1. The van der Waals surface area contributed by atoms with Crippen LogP contribution in [-0.2, 0) is 0 Å². The fraction of sp³-hybridized carbons (Fsp3) is 0.286. The van der Waals surface area contributed by atoms with Gasteiger partial charge in [-0.2, -0.15) is 0 Å². The Labute approximate surface area is 116 Å². The lowest BCUT2D eigenvalue weighted by Crippen LogP contribution is -2.30. The van der Waals surface area contributed by atoms with E-state index >= 15 is 0 Å². The first-order chi connectivity index (χ1) is 9.10. The summed E-state index contributed by atoms with van der Waals surface area (Å²) >= 11 is 1.35. The van der Waals surface area contributed by atoms with Crippen molar-refractivity contribution in [3.63, 3.8) is 0 Å². The number of carbonyl (C=O) groups excluding carboxylic acids is 1. The number of hydrogen-bond acceptors (Lipinski definition) is 4. The predicted molar refractivity (Wildman–Crippen MR) is 80.5 cm³/mol. The lowest BCUT2D eigenvalue weighted by atomic mass is 10.1. The molecule has 2 heterocycles. The number of hydrogen-bond donors (Lipinski definition) is 1. The van der Waals surface area contributed by atoms with Gasteiger partial charge in [0.1, 0.15) is 9.71 Å². The zero-order valence-corrected chi connectivity index (χ0v) is 12.0. The molecule has 0 unspecified atom stereocenters. The van der Waals surface area contributed by atoms with Crippen molar-refractivity contribution in [3.05, 3.63) is 35.4 Å². The molecule has 0 spiro atoms. The Morgan fingerprint density at radius 2 is 2.37 bits per heavy atom. The maximum absolute atomic E-state index is 12.4. The van der Waals surface area contributed by atoms with Gasteiger partial charge in [0.05, 0.1) is 5.69 Å². The molecule has 4 nitrogen and oxygen atoms in total. The average molecular weight is 275 g/mol. The molecule has 0 radical (unpaired) electrons. The molecule has 2 rings (SSSR count). The third-order valence-corrected chi connectivity index (χ3v) is 4.15. The SMILES string of the molecule is C=CCN(CC)C(=O)c1sc2nccc(C)c2c1N. The van der Waals surface area contributed by atoms with Gasteiger partial charge in [0.2, 0.25) is 0 Å². The van der Waals surface area contributed by atoms with Gasteiger partial charge >= 0.3 is 0 Å². The molecule has 19 heavy (non-hydrogen) atoms. The van der Waals surface area contributed by atoms with Gasteiger partial charge < -0.3 is 10.6 Å². The van der Waals surface area contributed by atoms with Crippen molar-refractivity contribution in [2.75, 3.05) is 18.8 Å². The number of fused-ring (bicyclic) bond motifs is 1. The summed E-state index contributed by atoms with van der Waals surface area (Å²) in [6.45, 7) is 8.74. The maximum atomic E-state index is 12.4. The first-order valence-electron chi connectivity index (χ1n) is 6.13. The Morgan fingerprint density at radius 1 is 1.63 bits per heavy atom. The molecule has 0 aliphatic carbocycles. The second-order valence-corrected chi connectivity index (χ2v) is 5.28. The van der Waals surface area contributed by atoms with Gasteiger partial charge in [-0.15, -0.1) is 17.9 Å². The quantitative estimate of drug-likeness (QED) is 0.873. The molecule has 0 saturated carbocycles. The van der Waals surface area contributed by atoms with Crippen LogP contribution in [-0.4, -0.2) is 28.9 Å². The van der Waals surface area contributed by atoms with E-state index in [0.29, 0.717) is 23.7 Å². The number of pyridine rings is 1. The molecule has 0 fully saturated rings. The molecule has 100 valence electrons. The van der Waals surface area contributed by atoms with E-state index in [9.17, 15) is 4.79 Å². The monoisotopic (exact) mass is 275 g/mol. The highest BCUT2D eigenvalue weighted by atomic mass is 32.1. The Hall–Kier alpha value is -1.88. The molecule has 5 heteroatoms. The van der Waals surface area contributed by atoms with E-state index in [1.54, 1.807) is 17.2 Å². The van der Waals surface area contributed by atoms with Gasteiger partial charge in [-0.05, 0) is 25.5 Å². The van der Waals surface area contributed by atoms with E-state index in [1.165, 1.54) is 11.3 Å². The van der Waals surface area contributed by atoms with Gasteiger partial charge in [-0.25, -0.2) is 4.98 Å². The van der Waals surface area contributed by atoms with Gasteiger partial charge in [-0.3, -0.25) is 4.79 Å². The molecule has 0 aliphatic heterocycles. The molecule has 0 aromatic carbocycles. The van der Waals surface area contributed by atoms with Crippen LogP contribution >= 0.6 is 11.3 Å². The Balaban J connectivity index is 2.51. The number of aryl methyl sites for hydroxylation is 1. The second-order valence-electron chi connectivity index (χ2n) is 4.29. The van der Waals surface area contributed by atoms with Crippen LogP contribution in [0.4, 0.5) is 5.69 Å². The standard InChI is InChI=1S/C14H17N3OS/c1-4-8-17(5-2)14(18)12-11(15)10-9(3)6-7-16-13(10)19-12/h4,6-7H,1,5,8,15H2,2-3H3. The van der Waals surface area contributed by atoms with Crippen LogP contribution in [0.5, 0.6) is 0 Å². The number of aromatic nitrogens is 1. The second kappa shape index (κ2) is 5.40. The van der Waals surface area contributed by atoms with Crippen LogP contribution in [0.15, 0.2) is 24.9 Å². The minimum atomic E-state index is -0.0534. The predicted octanol–water partition coefficient (Wildman–Crippen LogP) is 2.84. The van der Waals surface area contributed by atoms with Crippen molar-refractivity contribution in [3.8, 4) is 0 Å². The third kappa shape index (κ3) is 2.33. The van der Waals surface area contributed by atoms with Crippen LogP contribution < -0.4 is 5.73 Å². The average Bonchev–Trinajstić information content (AvgIpc) is 2.74. The fourth-order valence-electron chi connectivity index (χ4n) is 2.02. The molecule has 2 N–H and O–H groups in total. The van der Waals surface area contributed by atoms with E-state index in [4.69, 9.17) is 5.73 Å². The number of nitrogens with zero attached hydrogens (tertiary/aromatic N) is 2. The summed E-state index contributed by atoms with van der Waals surface area (Å²) in [5, 5.41) is 0.894. The Morgan fingerprint density at radius 3 is 2.95 bits per heavy atom. The van der Waals surface area contributed by atoms with E-state index in [1.807, 2.05) is 19.9 Å². The zero-order valence-electron chi connectivity index (χ0n) is 11.1. The summed E-state index contributed by atoms with van der Waals surface area (Å²) < 4.78 is 0. The smallest absolute Gasteiger partial charge is 0.266 e. The molecule has 1 amide bonds. The molecule has 0 saturated heterocycles. The molecule has 2 aromatic rings. The van der Waals surface area contributed by atoms with Gasteiger partial charge in [0.15, 0.2) is 0 Å². The van der Waals surface area contributed by atoms with Gasteiger partial charge in [0.25, 0.3) is 5.91 Å². The highest BCUT2D eigenvalue weighted by molar-refractivity contribution is 7.21. The summed E-state index contributed by atoms with van der Waals surface area (Å²) in [6.07, 6.45) is 3.46. The number of amides is 1. The lowest BCUT2D eigenvalue weighted by molar-refractivity contribution is 0.0788. The number of thiophene rings is 1. The topological polar surface area (TPSA) is 59.2 Å². The van der Waals surface area contributed by atoms with Crippen LogP contribution in [0.3, 0.4) is 0 Å². The van der Waals surface area contributed by atoms with Crippen molar-refractivity contribution < 1.29 is 4.79 Å². The molecule has 2 aromatic heterocycles. The Kier molecular flexibility index (Phi) is 3.85. The zero-order chi connectivity index (χ0) is 14.0. The number of carbonyl (C=O) groups is 1. The van der Waals surface area contributed by atoms with E-state index in [2.05, 4.69) is 11.6 Å². The van der Waals surface area contributed by atoms with Gasteiger partial charge in [0, 0.05) is 24.7 Å². The molecule has 0 bridgehead atoms. The summed E-state index contributed by atoms with van der Waals surface area (Å²) in [5.74, 6) is -0.0534. The summed E-state index contributed by atoms with van der Waals surface area (Å²) in [6, 6.07) is 1.90. The molecular formula is C14H17N3OS. The fourth-order valence-corrected chi connectivity index (χ4v) is 3.13. The number of rotatable bonds is 4. The lowest BCUT2D eigenvalue weighted by Gasteiger charge is -2.18. The van der Waals surface area contributed by atoms with Crippen LogP contribution in [0, 0.1) is 6.92 Å². The van der Waals surface area contributed by atoms with E-state index in [-0.39, 0.29) is 5.91 Å². The van der Waals surface area contributed by atoms with Gasteiger partial charge in [-0.1, -0.05) is 6.08 Å². The van der Waals surface area contributed by atoms with E-state index < -0.39 is 0 Å². The van der Waals surface area contributed by atoms with Crippen molar-refractivity contribution in [1.29, 1.82) is 0 Å². The maximum Gasteiger partial charge on any atom is 0.266 e. The summed E-state index contributed by atoms with van der Waals surface area (Å²) in [4.78, 5) is 19.8. The highest BCUT2D eigenvalue weighted by Crippen LogP contribution is 2.34. The number of nitrogens with two attached hydrogens (primary N) is 1. The largest absolute Gasteiger partial charge is 0.397 e. The Bertz CT molecular complexity index is 633. The summed E-state index contributed by atoms with van der Waals surface area (Å²) in [7, 11) is 0. The minimum absolute atomic E-state index is 0.0534. The molecular weight excluding hydrogens is 258 g/mol. The highest BCUT2D eigenvalue weighted by Gasteiger charge is 2.21. The first kappa shape index (κ1) is 13.5. The van der Waals surface area contributed by atoms with Crippen molar-refractivity contribution >= 4 is 33.1 Å². The van der Waals surface area contributed by atoms with Crippen molar-refractivity contribution in [1.82, 2.24) is 9.88 Å². The third-order valence-electron chi connectivity index (χ3n) is 3.05. The van der Waals surface area contributed by atoms with Crippen LogP contribution in [0.25, 0.3) is 10.2 Å². The van der Waals surface area contributed by atoms with E-state index in [0.717, 1.165) is 15.8 Å². The number of anilines is 1. The molecule has 0 atom stereocenters. The number of likely N-dealkylation sites (N-methyl/N-ethyl adjacent to an activating group) is 1. The molecule has 0 aliphatic rings. The van der Waals surface area contributed by atoms with Crippen molar-refractivity contribution in [2.45, 2.75) is 13.8 Å². The van der Waals surface area contributed by atoms with Crippen LogP contribution in [0.1, 0.15) is 22.2 Å². The summed E-state index contributed by atoms with van der Waals surface area (Å²) in [5.41, 5.74) is 7.71. The first-order valence-corrected chi connectivity index (χ1v) is 6.95. The normalized spacial score (nSPS) is 10.6. The minimum Gasteiger partial charge on any atom is -0.397 e.